The highest BCUT2D eigenvalue weighted by Crippen LogP contribution is 2.30. The van der Waals surface area contributed by atoms with Crippen LogP contribution in [0.2, 0.25) is 0 Å². The number of benzene rings is 2. The van der Waals surface area contributed by atoms with Crippen LogP contribution in [0.25, 0.3) is 0 Å². The highest BCUT2D eigenvalue weighted by Gasteiger charge is 2.14. The fourth-order valence-corrected chi connectivity index (χ4v) is 2.46. The van der Waals surface area contributed by atoms with Gasteiger partial charge in [-0.05, 0) is 43.8 Å². The quantitative estimate of drug-likeness (QED) is 0.847. The number of nitrogens with one attached hydrogen (secondary N) is 1. The number of anilines is 1. The van der Waals surface area contributed by atoms with Gasteiger partial charge in [-0.3, -0.25) is 0 Å². The van der Waals surface area contributed by atoms with E-state index < -0.39 is 10.0 Å². The molecule has 0 saturated heterocycles. The minimum absolute atomic E-state index is 0.106. The van der Waals surface area contributed by atoms with Crippen molar-refractivity contribution in [3.63, 3.8) is 0 Å². The zero-order chi connectivity index (χ0) is 14.8. The maximum absolute atomic E-state index is 11.7. The number of hydrogen-bond acceptors (Lipinski definition) is 4. The van der Waals surface area contributed by atoms with E-state index in [0.29, 0.717) is 11.5 Å². The second-order valence-corrected chi connectivity index (χ2v) is 6.16. The number of rotatable bonds is 4. The first-order valence-corrected chi connectivity index (χ1v) is 7.49. The molecule has 6 heteroatoms. The third-order valence-electron chi connectivity index (χ3n) is 2.87. The Bertz CT molecular complexity index is 727. The second kappa shape index (κ2) is 5.52. The van der Waals surface area contributed by atoms with Gasteiger partial charge in [-0.15, -0.1) is 0 Å². The SMILES string of the molecule is CNS(=O)(=O)c1ccc(Oc2ccccc2C)c(N)c1. The highest BCUT2D eigenvalue weighted by molar-refractivity contribution is 7.89. The zero-order valence-electron chi connectivity index (χ0n) is 11.3. The normalized spacial score (nSPS) is 11.3. The molecule has 20 heavy (non-hydrogen) atoms. The molecule has 5 nitrogen and oxygen atoms in total. The lowest BCUT2D eigenvalue weighted by Gasteiger charge is -2.11. The van der Waals surface area contributed by atoms with Crippen LogP contribution in [-0.4, -0.2) is 15.5 Å². The molecule has 2 aromatic carbocycles. The monoisotopic (exact) mass is 292 g/mol. The number of hydrogen-bond donors (Lipinski definition) is 2. The molecule has 2 rings (SSSR count). The van der Waals surface area contributed by atoms with Crippen LogP contribution in [0.1, 0.15) is 5.56 Å². The van der Waals surface area contributed by atoms with Crippen LogP contribution in [-0.2, 0) is 10.0 Å². The number of sulfonamides is 1. The van der Waals surface area contributed by atoms with E-state index >= 15 is 0 Å². The summed E-state index contributed by atoms with van der Waals surface area (Å²) in [5.74, 6) is 1.11. The van der Waals surface area contributed by atoms with E-state index in [4.69, 9.17) is 10.5 Å². The summed E-state index contributed by atoms with van der Waals surface area (Å²) in [5, 5.41) is 0. The molecule has 0 aliphatic rings. The maximum atomic E-state index is 11.7. The number of nitrogen functional groups attached to an aromatic ring is 1. The summed E-state index contributed by atoms with van der Waals surface area (Å²) in [6.07, 6.45) is 0. The summed E-state index contributed by atoms with van der Waals surface area (Å²) >= 11 is 0. The molecule has 0 radical (unpaired) electrons. The predicted octanol–water partition coefficient (Wildman–Crippen LogP) is 2.28. The largest absolute Gasteiger partial charge is 0.455 e. The molecule has 0 fully saturated rings. The number of nitrogens with two attached hydrogens (primary N) is 1. The van der Waals surface area contributed by atoms with Crippen molar-refractivity contribution in [1.29, 1.82) is 0 Å². The molecule has 0 amide bonds. The Balaban J connectivity index is 2.34. The highest BCUT2D eigenvalue weighted by atomic mass is 32.2. The smallest absolute Gasteiger partial charge is 0.240 e. The van der Waals surface area contributed by atoms with E-state index in [0.717, 1.165) is 5.56 Å². The van der Waals surface area contributed by atoms with E-state index in [9.17, 15) is 8.42 Å². The number of ether oxygens (including phenoxy) is 1. The average molecular weight is 292 g/mol. The Hall–Kier alpha value is -2.05. The molecule has 0 unspecified atom stereocenters. The second-order valence-electron chi connectivity index (χ2n) is 4.27. The third kappa shape index (κ3) is 2.92. The Morgan fingerprint density at radius 2 is 1.80 bits per heavy atom. The number of aryl methyl sites for hydroxylation is 1. The van der Waals surface area contributed by atoms with Gasteiger partial charge in [0.25, 0.3) is 0 Å². The van der Waals surface area contributed by atoms with Crippen LogP contribution in [0.4, 0.5) is 5.69 Å². The summed E-state index contributed by atoms with van der Waals surface area (Å²) in [5.41, 5.74) is 7.09. The lowest BCUT2D eigenvalue weighted by Crippen LogP contribution is -2.18. The minimum atomic E-state index is -3.50. The van der Waals surface area contributed by atoms with Crippen molar-refractivity contribution >= 4 is 15.7 Å². The third-order valence-corrected chi connectivity index (χ3v) is 4.29. The maximum Gasteiger partial charge on any atom is 0.240 e. The van der Waals surface area contributed by atoms with Gasteiger partial charge in [0.2, 0.25) is 10.0 Å². The molecule has 0 aliphatic carbocycles. The number of para-hydroxylation sites is 1. The minimum Gasteiger partial charge on any atom is -0.455 e. The molecule has 106 valence electrons. The Kier molecular flexibility index (Phi) is 3.96. The summed E-state index contributed by atoms with van der Waals surface area (Å²) < 4.78 is 31.3. The summed E-state index contributed by atoms with van der Waals surface area (Å²) in [6.45, 7) is 1.92. The van der Waals surface area contributed by atoms with Crippen LogP contribution in [0.3, 0.4) is 0 Å². The first-order valence-electron chi connectivity index (χ1n) is 6.00. The standard InChI is InChI=1S/C14H16N2O3S/c1-10-5-3-4-6-13(10)19-14-8-7-11(9-12(14)15)20(17,18)16-2/h3-9,16H,15H2,1-2H3. The Morgan fingerprint density at radius 1 is 1.10 bits per heavy atom. The first kappa shape index (κ1) is 14.4. The molecule has 0 aromatic heterocycles. The zero-order valence-corrected chi connectivity index (χ0v) is 12.1. The molecule has 0 aliphatic heterocycles. The molecule has 0 spiro atoms. The molecule has 0 atom stereocenters. The van der Waals surface area contributed by atoms with E-state index in [1.807, 2.05) is 31.2 Å². The van der Waals surface area contributed by atoms with Crippen molar-refractivity contribution < 1.29 is 13.2 Å². The van der Waals surface area contributed by atoms with Gasteiger partial charge in [0.1, 0.15) is 11.5 Å². The van der Waals surface area contributed by atoms with Gasteiger partial charge < -0.3 is 10.5 Å². The van der Waals surface area contributed by atoms with Gasteiger partial charge in [0.15, 0.2) is 0 Å². The van der Waals surface area contributed by atoms with E-state index in [1.165, 1.54) is 19.2 Å². The van der Waals surface area contributed by atoms with Gasteiger partial charge in [-0.2, -0.15) is 0 Å². The molecule has 0 saturated carbocycles. The van der Waals surface area contributed by atoms with E-state index in [2.05, 4.69) is 4.72 Å². The summed E-state index contributed by atoms with van der Waals surface area (Å²) in [6, 6.07) is 11.9. The molecular weight excluding hydrogens is 276 g/mol. The van der Waals surface area contributed by atoms with Gasteiger partial charge in [0.05, 0.1) is 10.6 Å². The topological polar surface area (TPSA) is 81.4 Å². The molecule has 0 bridgehead atoms. The molecule has 3 N–H and O–H groups in total. The summed E-state index contributed by atoms with van der Waals surface area (Å²) in [4.78, 5) is 0.106. The van der Waals surface area contributed by atoms with Crippen LogP contribution >= 0.6 is 0 Å². The average Bonchev–Trinajstić information content (AvgIpc) is 2.43. The van der Waals surface area contributed by atoms with Gasteiger partial charge in [-0.1, -0.05) is 18.2 Å². The fraction of sp³-hybridized carbons (Fsp3) is 0.143. The first-order chi connectivity index (χ1) is 9.44. The van der Waals surface area contributed by atoms with Crippen molar-refractivity contribution in [3.8, 4) is 11.5 Å². The van der Waals surface area contributed by atoms with Gasteiger partial charge in [0, 0.05) is 0 Å². The van der Waals surface area contributed by atoms with Crippen LogP contribution in [0.5, 0.6) is 11.5 Å². The summed E-state index contributed by atoms with van der Waals surface area (Å²) in [7, 11) is -2.15. The lowest BCUT2D eigenvalue weighted by atomic mass is 10.2. The molecule has 2 aromatic rings. The van der Waals surface area contributed by atoms with Crippen molar-refractivity contribution in [2.75, 3.05) is 12.8 Å². The fourth-order valence-electron chi connectivity index (χ4n) is 1.69. The van der Waals surface area contributed by atoms with Gasteiger partial charge >= 0.3 is 0 Å². The lowest BCUT2D eigenvalue weighted by molar-refractivity contribution is 0.481. The molecule has 0 heterocycles. The van der Waals surface area contributed by atoms with Crippen LogP contribution in [0, 0.1) is 6.92 Å². The van der Waals surface area contributed by atoms with E-state index in [1.54, 1.807) is 6.07 Å². The van der Waals surface area contributed by atoms with Crippen LogP contribution in [0.15, 0.2) is 47.4 Å². The van der Waals surface area contributed by atoms with Crippen molar-refractivity contribution in [1.82, 2.24) is 4.72 Å². The van der Waals surface area contributed by atoms with Crippen molar-refractivity contribution in [2.24, 2.45) is 0 Å². The van der Waals surface area contributed by atoms with Crippen molar-refractivity contribution in [2.45, 2.75) is 11.8 Å². The molecular formula is C14H16N2O3S. The van der Waals surface area contributed by atoms with E-state index in [-0.39, 0.29) is 10.6 Å². The predicted molar refractivity (Wildman–Crippen MR) is 78.4 cm³/mol. The van der Waals surface area contributed by atoms with Gasteiger partial charge in [-0.25, -0.2) is 13.1 Å². The van der Waals surface area contributed by atoms with Crippen LogP contribution < -0.4 is 15.2 Å². The Labute approximate surface area is 118 Å². The Morgan fingerprint density at radius 3 is 2.40 bits per heavy atom. The van der Waals surface area contributed by atoms with Crippen molar-refractivity contribution in [3.05, 3.63) is 48.0 Å².